The van der Waals surface area contributed by atoms with Crippen LogP contribution >= 0.6 is 15.9 Å². The second kappa shape index (κ2) is 6.54. The van der Waals surface area contributed by atoms with Crippen LogP contribution in [-0.4, -0.2) is 13.0 Å². The molecule has 0 saturated carbocycles. The van der Waals surface area contributed by atoms with E-state index in [1.54, 1.807) is 24.3 Å². The van der Waals surface area contributed by atoms with E-state index in [9.17, 15) is 4.79 Å². The fourth-order valence-electron chi connectivity index (χ4n) is 1.77. The van der Waals surface area contributed by atoms with Gasteiger partial charge in [0.15, 0.2) is 0 Å². The molecule has 0 unspecified atom stereocenters. The lowest BCUT2D eigenvalue weighted by Gasteiger charge is -2.11. The Balaban J connectivity index is 2.24. The normalized spacial score (nSPS) is 10.3. The highest BCUT2D eigenvalue weighted by Gasteiger charge is 2.06. The molecule has 0 bridgehead atoms. The Hall–Kier alpha value is -1.85. The molecule has 0 spiro atoms. The SMILES string of the molecule is CNCc1ccc(Br)cc1Oc1ccc(C(N)=O)cc1. The Kier molecular flexibility index (Phi) is 4.76. The summed E-state index contributed by atoms with van der Waals surface area (Å²) < 4.78 is 6.80. The molecule has 2 rings (SSSR count). The molecule has 0 aliphatic rings. The van der Waals surface area contributed by atoms with Gasteiger partial charge in [0.2, 0.25) is 5.91 Å². The fraction of sp³-hybridized carbons (Fsp3) is 0.133. The number of nitrogens with one attached hydrogen (secondary N) is 1. The second-order valence-electron chi connectivity index (χ2n) is 4.27. The number of hydrogen-bond donors (Lipinski definition) is 2. The van der Waals surface area contributed by atoms with Crippen LogP contribution in [0.2, 0.25) is 0 Å². The van der Waals surface area contributed by atoms with Crippen LogP contribution in [0.1, 0.15) is 15.9 Å². The lowest BCUT2D eigenvalue weighted by atomic mass is 10.2. The molecule has 20 heavy (non-hydrogen) atoms. The molecule has 0 atom stereocenters. The van der Waals surface area contributed by atoms with Crippen LogP contribution in [0.25, 0.3) is 0 Å². The number of halogens is 1. The van der Waals surface area contributed by atoms with Crippen LogP contribution in [0.5, 0.6) is 11.5 Å². The summed E-state index contributed by atoms with van der Waals surface area (Å²) in [6.07, 6.45) is 0. The van der Waals surface area contributed by atoms with Crippen molar-refractivity contribution in [1.29, 1.82) is 0 Å². The first kappa shape index (κ1) is 14.6. The van der Waals surface area contributed by atoms with Crippen LogP contribution in [0.4, 0.5) is 0 Å². The summed E-state index contributed by atoms with van der Waals surface area (Å²) in [6.45, 7) is 0.710. The summed E-state index contributed by atoms with van der Waals surface area (Å²) in [6, 6.07) is 12.6. The molecule has 0 saturated heterocycles. The fourth-order valence-corrected chi connectivity index (χ4v) is 2.11. The topological polar surface area (TPSA) is 64.3 Å². The number of rotatable bonds is 5. The number of carbonyl (C=O) groups excluding carboxylic acids is 1. The predicted molar refractivity (Wildman–Crippen MR) is 81.9 cm³/mol. The summed E-state index contributed by atoms with van der Waals surface area (Å²) >= 11 is 3.43. The maximum atomic E-state index is 11.0. The van der Waals surface area contributed by atoms with Gasteiger partial charge < -0.3 is 15.8 Å². The summed E-state index contributed by atoms with van der Waals surface area (Å²) in [7, 11) is 1.88. The molecule has 0 aliphatic carbocycles. The van der Waals surface area contributed by atoms with Crippen LogP contribution in [0, 0.1) is 0 Å². The van der Waals surface area contributed by atoms with Crippen molar-refractivity contribution in [3.8, 4) is 11.5 Å². The van der Waals surface area contributed by atoms with Crippen LogP contribution in [0.3, 0.4) is 0 Å². The van der Waals surface area contributed by atoms with E-state index in [0.29, 0.717) is 17.9 Å². The quantitative estimate of drug-likeness (QED) is 0.883. The average Bonchev–Trinajstić information content (AvgIpc) is 2.42. The van der Waals surface area contributed by atoms with Crippen molar-refractivity contribution in [2.24, 2.45) is 5.73 Å². The number of amides is 1. The van der Waals surface area contributed by atoms with Crippen molar-refractivity contribution in [3.63, 3.8) is 0 Å². The average molecular weight is 335 g/mol. The molecular weight excluding hydrogens is 320 g/mol. The van der Waals surface area contributed by atoms with Gasteiger partial charge >= 0.3 is 0 Å². The summed E-state index contributed by atoms with van der Waals surface area (Å²) in [4.78, 5) is 11.0. The molecule has 104 valence electrons. The Bertz CT molecular complexity index is 612. The Morgan fingerprint density at radius 1 is 1.25 bits per heavy atom. The highest BCUT2D eigenvalue weighted by atomic mass is 79.9. The predicted octanol–water partition coefficient (Wildman–Crippen LogP) is 3.06. The van der Waals surface area contributed by atoms with Gasteiger partial charge in [0.05, 0.1) is 0 Å². The van der Waals surface area contributed by atoms with Crippen molar-refractivity contribution in [1.82, 2.24) is 5.32 Å². The maximum absolute atomic E-state index is 11.0. The third-order valence-corrected chi connectivity index (χ3v) is 3.26. The number of primary amides is 1. The van der Waals surface area contributed by atoms with Gasteiger partial charge in [-0.3, -0.25) is 4.79 Å². The monoisotopic (exact) mass is 334 g/mol. The van der Waals surface area contributed by atoms with E-state index >= 15 is 0 Å². The first-order valence-corrected chi connectivity index (χ1v) is 6.90. The molecule has 0 heterocycles. The number of ether oxygens (including phenoxy) is 1. The number of carbonyl (C=O) groups is 1. The van der Waals surface area contributed by atoms with Gasteiger partial charge in [-0.2, -0.15) is 0 Å². The molecular formula is C15H15BrN2O2. The number of hydrogen-bond acceptors (Lipinski definition) is 3. The zero-order chi connectivity index (χ0) is 14.5. The molecule has 0 radical (unpaired) electrons. The molecule has 5 heteroatoms. The van der Waals surface area contributed by atoms with Crippen LogP contribution in [0.15, 0.2) is 46.9 Å². The van der Waals surface area contributed by atoms with Crippen LogP contribution in [-0.2, 0) is 6.54 Å². The number of benzene rings is 2. The molecule has 2 aromatic carbocycles. The van der Waals surface area contributed by atoms with E-state index in [1.165, 1.54) is 0 Å². The largest absolute Gasteiger partial charge is 0.457 e. The Morgan fingerprint density at radius 2 is 1.95 bits per heavy atom. The smallest absolute Gasteiger partial charge is 0.248 e. The van der Waals surface area contributed by atoms with Crippen LogP contribution < -0.4 is 15.8 Å². The third kappa shape index (κ3) is 3.59. The van der Waals surface area contributed by atoms with Gasteiger partial charge in [-0.05, 0) is 43.4 Å². The zero-order valence-corrected chi connectivity index (χ0v) is 12.6. The summed E-state index contributed by atoms with van der Waals surface area (Å²) in [5.74, 6) is 0.973. The summed E-state index contributed by atoms with van der Waals surface area (Å²) in [5.41, 5.74) is 6.72. The van der Waals surface area contributed by atoms with Gasteiger partial charge in [0.1, 0.15) is 11.5 Å². The highest BCUT2D eigenvalue weighted by molar-refractivity contribution is 9.10. The molecule has 0 aromatic heterocycles. The minimum absolute atomic E-state index is 0.449. The van der Waals surface area contributed by atoms with Crippen molar-refractivity contribution in [2.75, 3.05) is 7.05 Å². The molecule has 0 fully saturated rings. The molecule has 1 amide bonds. The molecule has 2 aromatic rings. The van der Waals surface area contributed by atoms with Gasteiger partial charge in [-0.25, -0.2) is 0 Å². The minimum atomic E-state index is -0.449. The second-order valence-corrected chi connectivity index (χ2v) is 5.19. The van der Waals surface area contributed by atoms with Gasteiger partial charge in [-0.15, -0.1) is 0 Å². The Morgan fingerprint density at radius 3 is 2.55 bits per heavy atom. The third-order valence-electron chi connectivity index (χ3n) is 2.76. The van der Waals surface area contributed by atoms with E-state index in [4.69, 9.17) is 10.5 Å². The van der Waals surface area contributed by atoms with Crippen molar-refractivity contribution in [3.05, 3.63) is 58.1 Å². The van der Waals surface area contributed by atoms with E-state index in [1.807, 2.05) is 25.2 Å². The lowest BCUT2D eigenvalue weighted by molar-refractivity contribution is 0.100. The van der Waals surface area contributed by atoms with Crippen molar-refractivity contribution in [2.45, 2.75) is 6.54 Å². The summed E-state index contributed by atoms with van der Waals surface area (Å²) in [5, 5.41) is 3.10. The van der Waals surface area contributed by atoms with E-state index in [2.05, 4.69) is 21.2 Å². The molecule has 4 nitrogen and oxygen atoms in total. The molecule has 3 N–H and O–H groups in total. The first-order valence-electron chi connectivity index (χ1n) is 6.11. The van der Waals surface area contributed by atoms with Gasteiger partial charge in [0, 0.05) is 22.1 Å². The molecule has 0 aliphatic heterocycles. The van der Waals surface area contributed by atoms with Gasteiger partial charge in [-0.1, -0.05) is 22.0 Å². The zero-order valence-electron chi connectivity index (χ0n) is 11.0. The van der Waals surface area contributed by atoms with E-state index < -0.39 is 5.91 Å². The van der Waals surface area contributed by atoms with Crippen molar-refractivity contribution >= 4 is 21.8 Å². The Labute approximate surface area is 126 Å². The number of nitrogens with two attached hydrogens (primary N) is 1. The van der Waals surface area contributed by atoms with E-state index in [0.717, 1.165) is 15.8 Å². The first-order chi connectivity index (χ1) is 9.60. The minimum Gasteiger partial charge on any atom is -0.457 e. The van der Waals surface area contributed by atoms with Crippen molar-refractivity contribution < 1.29 is 9.53 Å². The highest BCUT2D eigenvalue weighted by Crippen LogP contribution is 2.28. The van der Waals surface area contributed by atoms with E-state index in [-0.39, 0.29) is 0 Å². The standard InChI is InChI=1S/C15H15BrN2O2/c1-18-9-11-2-5-12(16)8-14(11)20-13-6-3-10(4-7-13)15(17)19/h2-8,18H,9H2,1H3,(H2,17,19). The maximum Gasteiger partial charge on any atom is 0.248 e. The lowest BCUT2D eigenvalue weighted by Crippen LogP contribution is -2.10. The van der Waals surface area contributed by atoms with Gasteiger partial charge in [0.25, 0.3) is 0 Å².